The Balaban J connectivity index is 1.37. The molecule has 1 fully saturated rings. The molecule has 4 rings (SSSR count). The fraction of sp³-hybridized carbons (Fsp3) is 0.520. The lowest BCUT2D eigenvalue weighted by atomic mass is 10.1. The Morgan fingerprint density at radius 2 is 2.08 bits per heavy atom. The van der Waals surface area contributed by atoms with Gasteiger partial charge in [-0.25, -0.2) is 9.36 Å². The van der Waals surface area contributed by atoms with E-state index in [1.54, 1.807) is 23.8 Å². The van der Waals surface area contributed by atoms with Crippen LogP contribution in [0.1, 0.15) is 40.0 Å². The molecular formula is C25H35IN7O3S+. The second-order valence-corrected chi connectivity index (χ2v) is 12.2. The topological polar surface area (TPSA) is 122 Å². The number of nitrogens with zero attached hydrogens (tertiary/aromatic N) is 4. The van der Waals surface area contributed by atoms with Gasteiger partial charge in [-0.3, -0.25) is 4.98 Å². The number of hydrogen-bond donors (Lipinski definition) is 3. The van der Waals surface area contributed by atoms with Crippen LogP contribution in [0.15, 0.2) is 34.6 Å². The van der Waals surface area contributed by atoms with Crippen molar-refractivity contribution in [3.8, 4) is 5.75 Å². The van der Waals surface area contributed by atoms with Gasteiger partial charge >= 0.3 is 11.7 Å². The van der Waals surface area contributed by atoms with Crippen LogP contribution in [0.5, 0.6) is 5.75 Å². The first-order valence-corrected chi connectivity index (χ1v) is 14.3. The molecule has 10 nitrogen and oxygen atoms in total. The Hall–Kier alpha value is -2.32. The van der Waals surface area contributed by atoms with Crippen LogP contribution < -0.4 is 20.4 Å². The van der Waals surface area contributed by atoms with Gasteiger partial charge in [0.15, 0.2) is 12.1 Å². The fourth-order valence-corrected chi connectivity index (χ4v) is 5.86. The van der Waals surface area contributed by atoms with Gasteiger partial charge in [0.2, 0.25) is 5.52 Å². The number of aromatic amines is 1. The van der Waals surface area contributed by atoms with E-state index in [1.165, 1.54) is 6.33 Å². The number of nitrogen functional groups attached to an aromatic ring is 1. The minimum atomic E-state index is -0.468. The molecule has 0 aliphatic carbocycles. The number of methoxy groups -OCH3 is 1. The summed E-state index contributed by atoms with van der Waals surface area (Å²) in [5.74, 6) is 1.24. The largest absolute Gasteiger partial charge is 0.497 e. The molecule has 0 radical (unpaired) electrons. The van der Waals surface area contributed by atoms with Crippen LogP contribution in [0.3, 0.4) is 0 Å². The molecule has 3 heterocycles. The van der Waals surface area contributed by atoms with Gasteiger partial charge in [0.05, 0.1) is 13.7 Å². The van der Waals surface area contributed by atoms with Crippen molar-refractivity contribution < 1.29 is 18.8 Å². The van der Waals surface area contributed by atoms with Crippen molar-refractivity contribution >= 4 is 57.4 Å². The molecular weight excluding hydrogens is 605 g/mol. The molecule has 3 aromatic rings. The van der Waals surface area contributed by atoms with Crippen molar-refractivity contribution in [1.82, 2.24) is 25.2 Å². The predicted molar refractivity (Wildman–Crippen MR) is 152 cm³/mol. The summed E-state index contributed by atoms with van der Waals surface area (Å²) in [4.78, 5) is 27.3. The van der Waals surface area contributed by atoms with Gasteiger partial charge in [0.1, 0.15) is 11.4 Å². The van der Waals surface area contributed by atoms with Crippen LogP contribution >= 0.6 is 34.4 Å². The number of amides is 1. The molecule has 0 bridgehead atoms. The Bertz CT molecular complexity index is 1240. The third-order valence-electron chi connectivity index (χ3n) is 6.07. The van der Waals surface area contributed by atoms with Crippen molar-refractivity contribution in [1.29, 1.82) is 0 Å². The number of ether oxygens (including phenoxy) is 2. The molecule has 4 N–H and O–H groups in total. The normalized spacial score (nSPS) is 14.8. The number of carbonyl (C=O) groups is 1. The van der Waals surface area contributed by atoms with E-state index >= 15 is 0 Å². The predicted octanol–water partition coefficient (Wildman–Crippen LogP) is 3.97. The Morgan fingerprint density at radius 3 is 2.78 bits per heavy atom. The number of imidazole rings is 1. The monoisotopic (exact) mass is 640 g/mol. The number of piperidine rings is 1. The molecule has 2 aromatic heterocycles. The van der Waals surface area contributed by atoms with E-state index in [4.69, 9.17) is 15.2 Å². The van der Waals surface area contributed by atoms with E-state index in [0.717, 1.165) is 62.9 Å². The van der Waals surface area contributed by atoms with E-state index in [9.17, 15) is 4.79 Å². The van der Waals surface area contributed by atoms with E-state index in [0.29, 0.717) is 24.9 Å². The highest BCUT2D eigenvalue weighted by Gasteiger charge is 2.27. The lowest BCUT2D eigenvalue weighted by molar-refractivity contribution is -0.710. The first-order valence-electron chi connectivity index (χ1n) is 12.4. The molecule has 200 valence electrons. The third kappa shape index (κ3) is 7.17. The number of benzene rings is 1. The molecule has 12 heteroatoms. The molecule has 1 aliphatic heterocycles. The summed E-state index contributed by atoms with van der Waals surface area (Å²) in [6.45, 7) is 8.73. The van der Waals surface area contributed by atoms with Gasteiger partial charge in [0.25, 0.3) is 5.16 Å². The fourth-order valence-electron chi connectivity index (χ4n) is 4.20. The van der Waals surface area contributed by atoms with E-state index in [2.05, 4.69) is 47.4 Å². The first-order chi connectivity index (χ1) is 17.6. The van der Waals surface area contributed by atoms with Crippen LogP contribution in [-0.4, -0.2) is 64.3 Å². The summed E-state index contributed by atoms with van der Waals surface area (Å²) in [5.41, 5.74) is 7.21. The number of likely N-dealkylation sites (tertiary alicyclic amines) is 1. The van der Waals surface area contributed by atoms with Gasteiger partial charge in [-0.2, -0.15) is 4.98 Å². The van der Waals surface area contributed by atoms with Crippen LogP contribution in [0, 0.1) is 3.57 Å². The lowest BCUT2D eigenvalue weighted by Crippen LogP contribution is -2.47. The molecule has 0 saturated carbocycles. The van der Waals surface area contributed by atoms with Crippen molar-refractivity contribution in [3.05, 3.63) is 28.1 Å². The van der Waals surface area contributed by atoms with E-state index < -0.39 is 5.60 Å². The lowest BCUT2D eigenvalue weighted by Gasteiger charge is -2.33. The van der Waals surface area contributed by atoms with Crippen molar-refractivity contribution in [3.63, 3.8) is 0 Å². The maximum atomic E-state index is 12.3. The summed E-state index contributed by atoms with van der Waals surface area (Å²) < 4.78 is 14.2. The van der Waals surface area contributed by atoms with E-state index in [-0.39, 0.29) is 6.09 Å². The standard InChI is InChI=1S/C25H34IN7O3S/c1-25(2,3)36-24(34)32-12-8-16(9-13-32)28-10-5-11-33-22-20(21(27)29-15-30-22)31-23(33)37-19-14-17(35-4)6-7-18(19)26/h6-7,14-16,28H,5,8-13H2,1-4H3,(H2,27,29,30)/p+1. The number of anilines is 1. The van der Waals surface area contributed by atoms with Crippen molar-refractivity contribution in [2.24, 2.45) is 0 Å². The average Bonchev–Trinajstić information content (AvgIpc) is 3.21. The summed E-state index contributed by atoms with van der Waals surface area (Å²) in [6, 6.07) is 6.42. The van der Waals surface area contributed by atoms with Gasteiger partial charge in [-0.1, -0.05) is 4.98 Å². The highest BCUT2D eigenvalue weighted by Crippen LogP contribution is 2.33. The minimum Gasteiger partial charge on any atom is -0.497 e. The number of H-pyrrole nitrogens is 1. The van der Waals surface area contributed by atoms with E-state index in [1.807, 2.05) is 39.0 Å². The maximum Gasteiger partial charge on any atom is 0.410 e. The van der Waals surface area contributed by atoms with Crippen molar-refractivity contribution in [2.45, 2.75) is 68.3 Å². The number of nitrogens with one attached hydrogen (secondary N) is 2. The van der Waals surface area contributed by atoms with Gasteiger partial charge in [0, 0.05) is 27.6 Å². The number of aryl methyl sites for hydroxylation is 1. The Morgan fingerprint density at radius 1 is 1.32 bits per heavy atom. The maximum absolute atomic E-state index is 12.3. The number of aromatic nitrogens is 4. The molecule has 0 atom stereocenters. The van der Waals surface area contributed by atoms with Crippen molar-refractivity contribution in [2.75, 3.05) is 32.5 Å². The van der Waals surface area contributed by atoms with Crippen LogP contribution in [0.4, 0.5) is 10.6 Å². The summed E-state index contributed by atoms with van der Waals surface area (Å²) in [5, 5.41) is 4.60. The number of rotatable bonds is 8. The smallest absolute Gasteiger partial charge is 0.410 e. The van der Waals surface area contributed by atoms with Gasteiger partial charge in [-0.15, -0.1) is 0 Å². The number of nitrogens with two attached hydrogens (primary N) is 1. The summed E-state index contributed by atoms with van der Waals surface area (Å²) >= 11 is 3.96. The number of halogens is 1. The quantitative estimate of drug-likeness (QED) is 0.192. The minimum absolute atomic E-state index is 0.223. The highest BCUT2D eigenvalue weighted by molar-refractivity contribution is 14.1. The van der Waals surface area contributed by atoms with Crippen LogP contribution in [0.25, 0.3) is 11.2 Å². The number of fused-ring (bicyclic) bond motifs is 1. The summed E-state index contributed by atoms with van der Waals surface area (Å²) in [6.07, 6.45) is 4.02. The zero-order valence-electron chi connectivity index (χ0n) is 21.7. The molecule has 37 heavy (non-hydrogen) atoms. The second-order valence-electron chi connectivity index (χ2n) is 9.99. The Labute approximate surface area is 235 Å². The first kappa shape index (κ1) is 27.7. The highest BCUT2D eigenvalue weighted by atomic mass is 127. The zero-order valence-corrected chi connectivity index (χ0v) is 24.7. The average molecular weight is 641 g/mol. The molecule has 1 aromatic carbocycles. The van der Waals surface area contributed by atoms with Gasteiger partial charge in [-0.05, 0) is 99.1 Å². The Kier molecular flexibility index (Phi) is 9.01. The third-order valence-corrected chi connectivity index (χ3v) is 8.45. The molecule has 0 unspecified atom stereocenters. The number of hydrogen-bond acceptors (Lipinski definition) is 8. The van der Waals surface area contributed by atoms with Gasteiger partial charge < -0.3 is 25.4 Å². The molecule has 1 amide bonds. The molecule has 1 aliphatic rings. The van der Waals surface area contributed by atoms with Crippen LogP contribution in [0.2, 0.25) is 0 Å². The number of carbonyl (C=O) groups excluding carboxylic acids is 1. The SMILES string of the molecule is COc1ccc(I)c(Sc2[nH]c3c(N)ncnc3[n+]2CCCNC2CCN(C(=O)OC(C)(C)C)CC2)c1. The molecule has 1 saturated heterocycles. The zero-order chi connectivity index (χ0) is 26.6. The second kappa shape index (κ2) is 12.0. The van der Waals surface area contributed by atoms with Crippen LogP contribution in [-0.2, 0) is 11.3 Å². The summed E-state index contributed by atoms with van der Waals surface area (Å²) in [7, 11) is 1.67. The molecule has 0 spiro atoms.